The number of hydrogen-bond acceptors (Lipinski definition) is 8. The Kier molecular flexibility index (Phi) is 8.10. The van der Waals surface area contributed by atoms with E-state index in [9.17, 15) is 5.26 Å². The van der Waals surface area contributed by atoms with Crippen molar-refractivity contribution in [1.29, 1.82) is 10.5 Å². The first-order valence-corrected chi connectivity index (χ1v) is 13.4. The van der Waals surface area contributed by atoms with Crippen LogP contribution in [0.2, 0.25) is 0 Å². The summed E-state index contributed by atoms with van der Waals surface area (Å²) in [4.78, 5) is 14.1. The summed E-state index contributed by atoms with van der Waals surface area (Å²) < 4.78 is 11.6. The zero-order valence-electron chi connectivity index (χ0n) is 23.1. The zero-order chi connectivity index (χ0) is 28.1. The van der Waals surface area contributed by atoms with Gasteiger partial charge in [0.1, 0.15) is 24.0 Å². The van der Waals surface area contributed by atoms with Gasteiger partial charge in [-0.3, -0.25) is 4.98 Å². The van der Waals surface area contributed by atoms with E-state index in [-0.39, 0.29) is 0 Å². The van der Waals surface area contributed by atoms with Gasteiger partial charge in [0, 0.05) is 19.1 Å². The summed E-state index contributed by atoms with van der Waals surface area (Å²) in [6.07, 6.45) is 4.51. The van der Waals surface area contributed by atoms with E-state index in [1.54, 1.807) is 13.2 Å². The summed E-state index contributed by atoms with van der Waals surface area (Å²) in [7, 11) is 5.87. The van der Waals surface area contributed by atoms with Crippen molar-refractivity contribution in [2.45, 2.75) is 31.9 Å². The third kappa shape index (κ3) is 5.83. The van der Waals surface area contributed by atoms with Gasteiger partial charge in [0.15, 0.2) is 11.5 Å². The average molecular weight is 533 g/mol. The molecule has 4 aromatic rings. The molecule has 8 heteroatoms. The van der Waals surface area contributed by atoms with Crippen LogP contribution in [0.1, 0.15) is 40.7 Å². The van der Waals surface area contributed by atoms with E-state index < -0.39 is 0 Å². The van der Waals surface area contributed by atoms with Crippen LogP contribution in [-0.4, -0.2) is 55.2 Å². The van der Waals surface area contributed by atoms with E-state index >= 15 is 0 Å². The van der Waals surface area contributed by atoms with Crippen LogP contribution in [0.3, 0.4) is 0 Å². The van der Waals surface area contributed by atoms with E-state index in [0.29, 0.717) is 52.7 Å². The van der Waals surface area contributed by atoms with Crippen molar-refractivity contribution >= 4 is 16.9 Å². The van der Waals surface area contributed by atoms with E-state index in [1.807, 2.05) is 54.7 Å². The second-order valence-electron chi connectivity index (χ2n) is 10.3. The first-order valence-electron chi connectivity index (χ1n) is 13.4. The lowest BCUT2D eigenvalue weighted by Crippen LogP contribution is -2.42. The van der Waals surface area contributed by atoms with Gasteiger partial charge >= 0.3 is 0 Å². The molecular weight excluding hydrogens is 500 g/mol. The quantitative estimate of drug-likeness (QED) is 0.310. The molecule has 0 unspecified atom stereocenters. The molecule has 0 N–H and O–H groups in total. The van der Waals surface area contributed by atoms with Gasteiger partial charge in [-0.25, -0.2) is 4.98 Å². The monoisotopic (exact) mass is 532 g/mol. The van der Waals surface area contributed by atoms with Crippen LogP contribution in [-0.2, 0) is 13.0 Å². The molecule has 40 heavy (non-hydrogen) atoms. The van der Waals surface area contributed by atoms with Gasteiger partial charge in [-0.1, -0.05) is 24.3 Å². The summed E-state index contributed by atoms with van der Waals surface area (Å²) in [6, 6.07) is 22.1. The summed E-state index contributed by atoms with van der Waals surface area (Å²) >= 11 is 0. The molecule has 1 fully saturated rings. The van der Waals surface area contributed by atoms with Crippen LogP contribution in [0.4, 0.5) is 5.82 Å². The molecule has 3 aromatic carbocycles. The number of piperidine rings is 1. The summed E-state index contributed by atoms with van der Waals surface area (Å²) in [5.74, 6) is 2.04. The number of rotatable bonds is 8. The highest BCUT2D eigenvalue weighted by Crippen LogP contribution is 2.31. The highest BCUT2D eigenvalue weighted by molar-refractivity contribution is 5.83. The molecule has 1 saturated heterocycles. The molecule has 0 spiro atoms. The number of anilines is 1. The second-order valence-corrected chi connectivity index (χ2v) is 10.3. The highest BCUT2D eigenvalue weighted by Gasteiger charge is 2.22. The minimum Gasteiger partial charge on any atom is -0.493 e. The van der Waals surface area contributed by atoms with Crippen LogP contribution in [0.5, 0.6) is 11.5 Å². The van der Waals surface area contributed by atoms with Crippen molar-refractivity contribution in [3.63, 3.8) is 0 Å². The third-order valence-electron chi connectivity index (χ3n) is 7.49. The Labute approximate surface area is 235 Å². The molecule has 1 aliphatic rings. The van der Waals surface area contributed by atoms with Gasteiger partial charge < -0.3 is 19.3 Å². The molecule has 5 rings (SSSR count). The van der Waals surface area contributed by atoms with Gasteiger partial charge in [-0.2, -0.15) is 10.5 Å². The summed E-state index contributed by atoms with van der Waals surface area (Å²) in [5, 5.41) is 19.3. The molecule has 0 bridgehead atoms. The van der Waals surface area contributed by atoms with E-state index in [0.717, 1.165) is 48.4 Å². The zero-order valence-corrected chi connectivity index (χ0v) is 23.1. The predicted molar refractivity (Wildman–Crippen MR) is 154 cm³/mol. The lowest BCUT2D eigenvalue weighted by Gasteiger charge is -2.35. The van der Waals surface area contributed by atoms with Crippen molar-refractivity contribution in [3.8, 4) is 23.6 Å². The van der Waals surface area contributed by atoms with Crippen LogP contribution < -0.4 is 14.4 Å². The summed E-state index contributed by atoms with van der Waals surface area (Å²) in [5.41, 5.74) is 5.28. The first-order chi connectivity index (χ1) is 19.5. The van der Waals surface area contributed by atoms with Gasteiger partial charge in [0.25, 0.3) is 0 Å². The molecule has 202 valence electrons. The molecule has 2 heterocycles. The standard InChI is InChI=1S/C32H32N6O2/c1-37(2)26-11-13-38(14-12-26)31-20-35-28-9-8-25(27(19-34)32(28)36-31)16-22-7-10-29(30(17-22)39-3)40-21-24-6-4-5-23(15-24)18-33/h4-10,15,17,20,26H,11-14,16,21H2,1-3H3. The van der Waals surface area contributed by atoms with Gasteiger partial charge in [-0.05, 0) is 80.4 Å². The van der Waals surface area contributed by atoms with Crippen LogP contribution in [0.15, 0.2) is 60.8 Å². The minimum absolute atomic E-state index is 0.322. The fraction of sp³-hybridized carbons (Fsp3) is 0.312. The molecule has 0 saturated carbocycles. The predicted octanol–water partition coefficient (Wildman–Crippen LogP) is 5.08. The third-order valence-corrected chi connectivity index (χ3v) is 7.49. The normalized spacial score (nSPS) is 13.7. The van der Waals surface area contributed by atoms with Crippen molar-refractivity contribution in [2.75, 3.05) is 39.2 Å². The Hall–Kier alpha value is -4.66. The fourth-order valence-electron chi connectivity index (χ4n) is 5.20. The highest BCUT2D eigenvalue weighted by atomic mass is 16.5. The maximum atomic E-state index is 10.2. The number of benzene rings is 3. The topological polar surface area (TPSA) is 98.3 Å². The van der Waals surface area contributed by atoms with Crippen LogP contribution in [0.25, 0.3) is 11.0 Å². The van der Waals surface area contributed by atoms with Crippen molar-refractivity contribution < 1.29 is 9.47 Å². The lowest BCUT2D eigenvalue weighted by atomic mass is 9.98. The summed E-state index contributed by atoms with van der Waals surface area (Å²) in [6.45, 7) is 2.16. The minimum atomic E-state index is 0.322. The number of ether oxygens (including phenoxy) is 2. The van der Waals surface area contributed by atoms with E-state index in [2.05, 4.69) is 41.0 Å². The molecule has 1 aromatic heterocycles. The Balaban J connectivity index is 1.36. The maximum absolute atomic E-state index is 10.2. The van der Waals surface area contributed by atoms with Gasteiger partial charge in [-0.15, -0.1) is 0 Å². The van der Waals surface area contributed by atoms with Crippen molar-refractivity contribution in [1.82, 2.24) is 14.9 Å². The number of nitriles is 2. The second kappa shape index (κ2) is 12.0. The number of hydrogen-bond donors (Lipinski definition) is 0. The van der Waals surface area contributed by atoms with E-state index in [1.165, 1.54) is 0 Å². The Bertz CT molecular complexity index is 1600. The van der Waals surface area contributed by atoms with Crippen molar-refractivity contribution in [3.05, 3.63) is 88.6 Å². The largest absolute Gasteiger partial charge is 0.493 e. The number of aromatic nitrogens is 2. The molecule has 1 aliphatic heterocycles. The molecule has 0 radical (unpaired) electrons. The molecular formula is C32H32N6O2. The number of nitrogens with zero attached hydrogens (tertiary/aromatic N) is 6. The Morgan fingerprint density at radius 3 is 2.52 bits per heavy atom. The van der Waals surface area contributed by atoms with Crippen molar-refractivity contribution in [2.24, 2.45) is 0 Å². The SMILES string of the molecule is COc1cc(Cc2ccc3ncc(N4CCC(N(C)C)CC4)nc3c2C#N)ccc1OCc1cccc(C#N)c1. The van der Waals surface area contributed by atoms with Crippen LogP contribution >= 0.6 is 0 Å². The molecule has 8 nitrogen and oxygen atoms in total. The molecule has 0 aliphatic carbocycles. The fourth-order valence-corrected chi connectivity index (χ4v) is 5.20. The number of methoxy groups -OCH3 is 1. The average Bonchev–Trinajstić information content (AvgIpc) is 3.00. The Morgan fingerprint density at radius 1 is 0.975 bits per heavy atom. The molecule has 0 amide bonds. The first kappa shape index (κ1) is 26.9. The maximum Gasteiger partial charge on any atom is 0.161 e. The smallest absolute Gasteiger partial charge is 0.161 e. The van der Waals surface area contributed by atoms with Crippen LogP contribution in [0, 0.1) is 22.7 Å². The van der Waals surface area contributed by atoms with Gasteiger partial charge in [0.2, 0.25) is 0 Å². The number of fused-ring (bicyclic) bond motifs is 1. The van der Waals surface area contributed by atoms with Gasteiger partial charge in [0.05, 0.1) is 36.0 Å². The van der Waals surface area contributed by atoms with E-state index in [4.69, 9.17) is 19.7 Å². The molecule has 0 atom stereocenters. The lowest BCUT2D eigenvalue weighted by molar-refractivity contribution is 0.249. The Morgan fingerprint density at radius 2 is 1.80 bits per heavy atom.